The van der Waals surface area contributed by atoms with Crippen LogP contribution < -0.4 is 4.90 Å². The summed E-state index contributed by atoms with van der Waals surface area (Å²) in [6.07, 6.45) is 6.17. The average Bonchev–Trinajstić information content (AvgIpc) is 2.79. The smallest absolute Gasteiger partial charge is 0.226 e. The molecule has 2 aliphatic heterocycles. The number of nitrogens with zero attached hydrogens (tertiary/aromatic N) is 3. The highest BCUT2D eigenvalue weighted by Crippen LogP contribution is 2.29. The van der Waals surface area contributed by atoms with E-state index in [-0.39, 0.29) is 5.91 Å². The van der Waals surface area contributed by atoms with E-state index in [0.29, 0.717) is 12.3 Å². The van der Waals surface area contributed by atoms with E-state index in [1.807, 2.05) is 23.1 Å². The van der Waals surface area contributed by atoms with Crippen molar-refractivity contribution < 1.29 is 4.79 Å². The molecular formula is C25H29N3O. The lowest BCUT2D eigenvalue weighted by Gasteiger charge is -2.34. The molecule has 4 heteroatoms. The molecule has 2 saturated heterocycles. The molecule has 0 aromatic heterocycles. The lowest BCUT2D eigenvalue weighted by Crippen LogP contribution is -2.37. The number of hydrogen-bond donors (Lipinski definition) is 0. The van der Waals surface area contributed by atoms with Crippen LogP contribution in [0.4, 0.5) is 5.69 Å². The molecule has 29 heavy (non-hydrogen) atoms. The van der Waals surface area contributed by atoms with Crippen LogP contribution in [0.15, 0.2) is 48.5 Å². The van der Waals surface area contributed by atoms with E-state index >= 15 is 0 Å². The molecule has 0 aliphatic carbocycles. The normalized spacial score (nSPS) is 20.4. The van der Waals surface area contributed by atoms with Gasteiger partial charge in [-0.2, -0.15) is 5.26 Å². The van der Waals surface area contributed by atoms with Gasteiger partial charge in [0.1, 0.15) is 0 Å². The minimum atomic E-state index is 0.266. The third-order valence-electron chi connectivity index (χ3n) is 6.32. The molecule has 4 rings (SSSR count). The lowest BCUT2D eigenvalue weighted by molar-refractivity contribution is -0.119. The van der Waals surface area contributed by atoms with Gasteiger partial charge in [0.2, 0.25) is 5.91 Å². The number of amides is 1. The van der Waals surface area contributed by atoms with Crippen molar-refractivity contribution in [2.75, 3.05) is 31.1 Å². The highest BCUT2D eigenvalue weighted by Gasteiger charge is 2.24. The zero-order chi connectivity index (χ0) is 20.1. The van der Waals surface area contributed by atoms with Gasteiger partial charge in [0, 0.05) is 31.7 Å². The van der Waals surface area contributed by atoms with Crippen LogP contribution in [0.3, 0.4) is 0 Å². The van der Waals surface area contributed by atoms with Crippen molar-refractivity contribution >= 4 is 11.6 Å². The van der Waals surface area contributed by atoms with Gasteiger partial charge in [-0.05, 0) is 73.9 Å². The largest absolute Gasteiger partial charge is 0.312 e. The van der Waals surface area contributed by atoms with Gasteiger partial charge in [-0.15, -0.1) is 0 Å². The molecule has 0 spiro atoms. The van der Waals surface area contributed by atoms with E-state index in [9.17, 15) is 4.79 Å². The lowest BCUT2D eigenvalue weighted by atomic mass is 9.90. The van der Waals surface area contributed by atoms with Gasteiger partial charge in [0.15, 0.2) is 0 Å². The van der Waals surface area contributed by atoms with Crippen LogP contribution in [0, 0.1) is 11.3 Å². The fourth-order valence-corrected chi connectivity index (χ4v) is 4.69. The predicted octanol–water partition coefficient (Wildman–Crippen LogP) is 4.50. The molecule has 2 heterocycles. The molecule has 2 aromatic rings. The summed E-state index contributed by atoms with van der Waals surface area (Å²) in [5.41, 5.74) is 4.46. The van der Waals surface area contributed by atoms with Crippen LogP contribution in [0.5, 0.6) is 0 Å². The zero-order valence-electron chi connectivity index (χ0n) is 17.0. The molecule has 4 nitrogen and oxygen atoms in total. The number of nitriles is 1. The third-order valence-corrected chi connectivity index (χ3v) is 6.32. The number of hydrogen-bond acceptors (Lipinski definition) is 3. The Hall–Kier alpha value is -2.64. The number of benzene rings is 2. The monoisotopic (exact) mass is 387 g/mol. The second kappa shape index (κ2) is 9.24. The maximum absolute atomic E-state index is 12.4. The third kappa shape index (κ3) is 4.68. The molecule has 1 atom stereocenters. The van der Waals surface area contributed by atoms with E-state index in [1.165, 1.54) is 24.0 Å². The second-order valence-corrected chi connectivity index (χ2v) is 8.25. The van der Waals surface area contributed by atoms with E-state index in [4.69, 9.17) is 5.26 Å². The summed E-state index contributed by atoms with van der Waals surface area (Å²) in [7, 11) is 0. The van der Waals surface area contributed by atoms with Crippen LogP contribution in [-0.4, -0.2) is 37.0 Å². The fraction of sp³-hybridized carbons (Fsp3) is 0.440. The molecular weight excluding hydrogens is 358 g/mol. The Morgan fingerprint density at radius 3 is 2.62 bits per heavy atom. The number of carbonyl (C=O) groups is 1. The van der Waals surface area contributed by atoms with Crippen LogP contribution in [0.25, 0.3) is 0 Å². The topological polar surface area (TPSA) is 47.3 Å². The Bertz CT molecular complexity index is 884. The SMILES string of the molecule is N#Cc1ccc(C2CCCN(CCc3ccccc3N3CCCCC3=O)C2)cc1. The number of rotatable bonds is 5. The summed E-state index contributed by atoms with van der Waals surface area (Å²) in [6.45, 7) is 4.07. The summed E-state index contributed by atoms with van der Waals surface area (Å²) < 4.78 is 0. The molecule has 150 valence electrons. The second-order valence-electron chi connectivity index (χ2n) is 8.25. The fourth-order valence-electron chi connectivity index (χ4n) is 4.69. The quantitative estimate of drug-likeness (QED) is 0.759. The molecule has 0 N–H and O–H groups in total. The number of likely N-dealkylation sites (tertiary alicyclic amines) is 1. The molecule has 2 aromatic carbocycles. The molecule has 0 saturated carbocycles. The number of carbonyl (C=O) groups excluding carboxylic acids is 1. The van der Waals surface area contributed by atoms with Crippen molar-refractivity contribution in [3.63, 3.8) is 0 Å². The van der Waals surface area contributed by atoms with Crippen molar-refractivity contribution in [2.45, 2.75) is 44.4 Å². The molecule has 2 fully saturated rings. The van der Waals surface area contributed by atoms with Gasteiger partial charge >= 0.3 is 0 Å². The summed E-state index contributed by atoms with van der Waals surface area (Å²) in [6, 6.07) is 18.7. The van der Waals surface area contributed by atoms with Crippen LogP contribution in [-0.2, 0) is 11.2 Å². The Balaban J connectivity index is 1.40. The van der Waals surface area contributed by atoms with E-state index in [1.54, 1.807) is 0 Å². The highest BCUT2D eigenvalue weighted by atomic mass is 16.2. The van der Waals surface area contributed by atoms with E-state index in [2.05, 4.69) is 41.3 Å². The number of para-hydroxylation sites is 1. The Kier molecular flexibility index (Phi) is 6.27. The molecule has 1 unspecified atom stereocenters. The first-order chi connectivity index (χ1) is 14.2. The predicted molar refractivity (Wildman–Crippen MR) is 116 cm³/mol. The van der Waals surface area contributed by atoms with Crippen molar-refractivity contribution in [3.05, 3.63) is 65.2 Å². The molecule has 2 aliphatic rings. The van der Waals surface area contributed by atoms with Crippen LogP contribution >= 0.6 is 0 Å². The van der Waals surface area contributed by atoms with Gasteiger partial charge in [-0.3, -0.25) is 4.79 Å². The first-order valence-electron chi connectivity index (χ1n) is 10.9. The maximum atomic E-state index is 12.4. The van der Waals surface area contributed by atoms with Crippen LogP contribution in [0.2, 0.25) is 0 Å². The molecule has 1 amide bonds. The van der Waals surface area contributed by atoms with E-state index in [0.717, 1.165) is 56.7 Å². The van der Waals surface area contributed by atoms with Crippen molar-refractivity contribution in [1.82, 2.24) is 4.90 Å². The van der Waals surface area contributed by atoms with Crippen molar-refractivity contribution in [1.29, 1.82) is 5.26 Å². The van der Waals surface area contributed by atoms with Gasteiger partial charge in [0.05, 0.1) is 11.6 Å². The Morgan fingerprint density at radius 1 is 1.00 bits per heavy atom. The van der Waals surface area contributed by atoms with Crippen molar-refractivity contribution in [2.24, 2.45) is 0 Å². The summed E-state index contributed by atoms with van der Waals surface area (Å²) in [5, 5.41) is 9.01. The minimum absolute atomic E-state index is 0.266. The van der Waals surface area contributed by atoms with Gasteiger partial charge in [-0.25, -0.2) is 0 Å². The zero-order valence-corrected chi connectivity index (χ0v) is 17.0. The molecule has 0 radical (unpaired) electrons. The number of anilines is 1. The highest BCUT2D eigenvalue weighted by molar-refractivity contribution is 5.94. The average molecular weight is 388 g/mol. The van der Waals surface area contributed by atoms with Gasteiger partial charge in [-0.1, -0.05) is 30.3 Å². The Labute approximate surface area is 173 Å². The standard InChI is InChI=1S/C25H29N3O/c26-18-20-10-12-21(13-11-20)23-7-5-15-27(19-23)17-14-22-6-1-2-8-24(22)28-16-4-3-9-25(28)29/h1-2,6,8,10-13,23H,3-5,7,9,14-17,19H2. The summed E-state index contributed by atoms with van der Waals surface area (Å²) in [4.78, 5) is 16.9. The maximum Gasteiger partial charge on any atom is 0.226 e. The summed E-state index contributed by atoms with van der Waals surface area (Å²) >= 11 is 0. The Morgan fingerprint density at radius 2 is 1.83 bits per heavy atom. The summed E-state index contributed by atoms with van der Waals surface area (Å²) in [5.74, 6) is 0.804. The van der Waals surface area contributed by atoms with Gasteiger partial charge in [0.25, 0.3) is 0 Å². The number of piperidine rings is 2. The minimum Gasteiger partial charge on any atom is -0.312 e. The first kappa shape index (κ1) is 19.7. The van der Waals surface area contributed by atoms with Crippen LogP contribution in [0.1, 0.15) is 54.7 Å². The van der Waals surface area contributed by atoms with E-state index < -0.39 is 0 Å². The molecule has 0 bridgehead atoms. The van der Waals surface area contributed by atoms with Gasteiger partial charge < -0.3 is 9.80 Å². The first-order valence-corrected chi connectivity index (χ1v) is 10.9. The van der Waals surface area contributed by atoms with Crippen molar-refractivity contribution in [3.8, 4) is 6.07 Å².